The Bertz CT molecular complexity index is 1130. The van der Waals surface area contributed by atoms with Gasteiger partial charge in [0.05, 0.1) is 22.7 Å². The van der Waals surface area contributed by atoms with Gasteiger partial charge in [0.15, 0.2) is 5.65 Å². The number of carbonyl (C=O) groups is 1. The van der Waals surface area contributed by atoms with Crippen LogP contribution in [0.3, 0.4) is 0 Å². The molecule has 26 heavy (non-hydrogen) atoms. The zero-order chi connectivity index (χ0) is 18.3. The fourth-order valence-corrected chi connectivity index (χ4v) is 3.03. The normalized spacial score (nSPS) is 11.4. The summed E-state index contributed by atoms with van der Waals surface area (Å²) in [5.74, 6) is 0.305. The third-order valence-electron chi connectivity index (χ3n) is 4.27. The molecule has 0 aliphatic rings. The SMILES string of the molecule is Cc1cc(C(=O)Nc2ccc3ccccc3n2)c2cnn(C(C)C)c2n1. The molecule has 0 saturated heterocycles. The second-order valence-electron chi connectivity index (χ2n) is 6.57. The van der Waals surface area contributed by atoms with Gasteiger partial charge in [0, 0.05) is 17.1 Å². The van der Waals surface area contributed by atoms with Gasteiger partial charge in [-0.25, -0.2) is 14.6 Å². The van der Waals surface area contributed by atoms with E-state index >= 15 is 0 Å². The van der Waals surface area contributed by atoms with Gasteiger partial charge in [-0.05, 0) is 45.0 Å². The Balaban J connectivity index is 1.73. The van der Waals surface area contributed by atoms with E-state index in [1.807, 2.05) is 61.9 Å². The summed E-state index contributed by atoms with van der Waals surface area (Å²) in [6, 6.07) is 13.5. The van der Waals surface area contributed by atoms with Crippen molar-refractivity contribution in [3.8, 4) is 0 Å². The van der Waals surface area contributed by atoms with Crippen LogP contribution in [0.25, 0.3) is 21.9 Å². The van der Waals surface area contributed by atoms with E-state index in [1.54, 1.807) is 12.3 Å². The lowest BCUT2D eigenvalue weighted by molar-refractivity contribution is 0.102. The van der Waals surface area contributed by atoms with E-state index in [0.29, 0.717) is 11.4 Å². The highest BCUT2D eigenvalue weighted by Gasteiger charge is 2.17. The Morgan fingerprint density at radius 1 is 1.12 bits per heavy atom. The van der Waals surface area contributed by atoms with Crippen LogP contribution >= 0.6 is 0 Å². The first kappa shape index (κ1) is 16.2. The third-order valence-corrected chi connectivity index (χ3v) is 4.27. The molecule has 0 unspecified atom stereocenters. The number of amides is 1. The van der Waals surface area contributed by atoms with Crippen LogP contribution < -0.4 is 5.32 Å². The van der Waals surface area contributed by atoms with Crippen molar-refractivity contribution < 1.29 is 4.79 Å². The average molecular weight is 345 g/mol. The quantitative estimate of drug-likeness (QED) is 0.606. The number of hydrogen-bond donors (Lipinski definition) is 1. The summed E-state index contributed by atoms with van der Waals surface area (Å²) in [6.45, 7) is 5.95. The predicted molar refractivity (Wildman–Crippen MR) is 102 cm³/mol. The number of hydrogen-bond acceptors (Lipinski definition) is 4. The molecule has 0 fully saturated rings. The first-order valence-corrected chi connectivity index (χ1v) is 8.55. The van der Waals surface area contributed by atoms with Crippen LogP contribution in [0.1, 0.15) is 35.9 Å². The molecule has 0 radical (unpaired) electrons. The second kappa shape index (κ2) is 6.22. The lowest BCUT2D eigenvalue weighted by atomic mass is 10.1. The topological polar surface area (TPSA) is 72.7 Å². The van der Waals surface area contributed by atoms with E-state index in [1.165, 1.54) is 0 Å². The number of fused-ring (bicyclic) bond motifs is 2. The van der Waals surface area contributed by atoms with Gasteiger partial charge in [-0.1, -0.05) is 18.2 Å². The fourth-order valence-electron chi connectivity index (χ4n) is 3.03. The minimum atomic E-state index is -0.216. The smallest absolute Gasteiger partial charge is 0.257 e. The van der Waals surface area contributed by atoms with Gasteiger partial charge in [0.25, 0.3) is 5.91 Å². The van der Waals surface area contributed by atoms with Gasteiger partial charge < -0.3 is 5.32 Å². The molecule has 1 N–H and O–H groups in total. The zero-order valence-electron chi connectivity index (χ0n) is 14.9. The average Bonchev–Trinajstić information content (AvgIpc) is 3.04. The molecular formula is C20H19N5O. The maximum Gasteiger partial charge on any atom is 0.257 e. The molecule has 0 spiro atoms. The highest BCUT2D eigenvalue weighted by molar-refractivity contribution is 6.11. The highest BCUT2D eigenvalue weighted by Crippen LogP contribution is 2.22. The fraction of sp³-hybridized carbons (Fsp3) is 0.200. The van der Waals surface area contributed by atoms with Crippen molar-refractivity contribution in [2.45, 2.75) is 26.8 Å². The van der Waals surface area contributed by atoms with Crippen molar-refractivity contribution >= 4 is 33.7 Å². The molecule has 0 saturated carbocycles. The number of rotatable bonds is 3. The second-order valence-corrected chi connectivity index (χ2v) is 6.57. The predicted octanol–water partition coefficient (Wildman–Crippen LogP) is 4.12. The van der Waals surface area contributed by atoms with E-state index in [4.69, 9.17) is 0 Å². The van der Waals surface area contributed by atoms with Crippen molar-refractivity contribution in [2.75, 3.05) is 5.32 Å². The Kier molecular flexibility index (Phi) is 3.88. The van der Waals surface area contributed by atoms with Crippen LogP contribution in [0.2, 0.25) is 0 Å². The van der Waals surface area contributed by atoms with E-state index < -0.39 is 0 Å². The van der Waals surface area contributed by atoms with Crippen molar-refractivity contribution in [2.24, 2.45) is 0 Å². The number of benzene rings is 1. The largest absolute Gasteiger partial charge is 0.307 e. The van der Waals surface area contributed by atoms with E-state index in [9.17, 15) is 4.79 Å². The molecule has 3 heterocycles. The van der Waals surface area contributed by atoms with Gasteiger partial charge in [-0.3, -0.25) is 4.79 Å². The molecule has 0 atom stereocenters. The molecular weight excluding hydrogens is 326 g/mol. The number of carbonyl (C=O) groups excluding carboxylic acids is 1. The van der Waals surface area contributed by atoms with Crippen LogP contribution in [-0.4, -0.2) is 25.7 Å². The molecule has 4 rings (SSSR count). The van der Waals surface area contributed by atoms with Crippen LogP contribution in [0.15, 0.2) is 48.7 Å². The number of nitrogens with zero attached hydrogens (tertiary/aromatic N) is 4. The summed E-state index contributed by atoms with van der Waals surface area (Å²) < 4.78 is 1.83. The molecule has 6 heteroatoms. The Morgan fingerprint density at radius 2 is 1.92 bits per heavy atom. The van der Waals surface area contributed by atoms with Crippen molar-refractivity contribution in [3.05, 3.63) is 59.9 Å². The third kappa shape index (κ3) is 2.79. The van der Waals surface area contributed by atoms with Crippen LogP contribution in [0.4, 0.5) is 5.82 Å². The Labute approximate surface area is 150 Å². The van der Waals surface area contributed by atoms with Gasteiger partial charge in [-0.15, -0.1) is 0 Å². The van der Waals surface area contributed by atoms with Gasteiger partial charge in [0.2, 0.25) is 0 Å². The number of aromatic nitrogens is 4. The first-order chi connectivity index (χ1) is 12.5. The van der Waals surface area contributed by atoms with Gasteiger partial charge in [-0.2, -0.15) is 5.10 Å². The number of aryl methyl sites for hydroxylation is 1. The lowest BCUT2D eigenvalue weighted by Gasteiger charge is -2.09. The lowest BCUT2D eigenvalue weighted by Crippen LogP contribution is -2.14. The monoisotopic (exact) mass is 345 g/mol. The summed E-state index contributed by atoms with van der Waals surface area (Å²) in [4.78, 5) is 21.9. The molecule has 3 aromatic heterocycles. The highest BCUT2D eigenvalue weighted by atomic mass is 16.1. The van der Waals surface area contributed by atoms with Crippen molar-refractivity contribution in [1.29, 1.82) is 0 Å². The maximum absolute atomic E-state index is 12.9. The summed E-state index contributed by atoms with van der Waals surface area (Å²) in [6.07, 6.45) is 1.70. The summed E-state index contributed by atoms with van der Waals surface area (Å²) >= 11 is 0. The standard InChI is InChI=1S/C20H19N5O/c1-12(2)25-19-16(11-21-25)15(10-13(3)22-19)20(26)24-18-9-8-14-6-4-5-7-17(14)23-18/h4-12H,1-3H3,(H,23,24,26). The van der Waals surface area contributed by atoms with Crippen LogP contribution in [0.5, 0.6) is 0 Å². The van der Waals surface area contributed by atoms with E-state index in [0.717, 1.165) is 27.6 Å². The maximum atomic E-state index is 12.9. The van der Waals surface area contributed by atoms with E-state index in [2.05, 4.69) is 20.4 Å². The minimum absolute atomic E-state index is 0.167. The summed E-state index contributed by atoms with van der Waals surface area (Å²) in [7, 11) is 0. The van der Waals surface area contributed by atoms with Gasteiger partial charge >= 0.3 is 0 Å². The first-order valence-electron chi connectivity index (χ1n) is 8.55. The minimum Gasteiger partial charge on any atom is -0.307 e. The molecule has 1 amide bonds. The molecule has 6 nitrogen and oxygen atoms in total. The summed E-state index contributed by atoms with van der Waals surface area (Å²) in [5.41, 5.74) is 2.89. The Morgan fingerprint density at radius 3 is 2.73 bits per heavy atom. The number of pyridine rings is 2. The number of anilines is 1. The van der Waals surface area contributed by atoms with Crippen LogP contribution in [0, 0.1) is 6.92 Å². The van der Waals surface area contributed by atoms with Crippen molar-refractivity contribution in [3.63, 3.8) is 0 Å². The molecule has 130 valence electrons. The molecule has 0 bridgehead atoms. The molecule has 1 aromatic carbocycles. The number of nitrogens with one attached hydrogen (secondary N) is 1. The van der Waals surface area contributed by atoms with E-state index in [-0.39, 0.29) is 11.9 Å². The number of para-hydroxylation sites is 1. The van der Waals surface area contributed by atoms with Gasteiger partial charge in [0.1, 0.15) is 5.82 Å². The van der Waals surface area contributed by atoms with Crippen LogP contribution in [-0.2, 0) is 0 Å². The van der Waals surface area contributed by atoms with Crippen molar-refractivity contribution in [1.82, 2.24) is 19.7 Å². The summed E-state index contributed by atoms with van der Waals surface area (Å²) in [5, 5.41) is 9.05. The molecule has 0 aliphatic heterocycles. The molecule has 4 aromatic rings. The Hall–Kier alpha value is -3.28. The zero-order valence-corrected chi connectivity index (χ0v) is 14.9. The molecule has 0 aliphatic carbocycles.